The highest BCUT2D eigenvalue weighted by molar-refractivity contribution is 5.82. The van der Waals surface area contributed by atoms with Crippen molar-refractivity contribution in [1.29, 1.82) is 0 Å². The molecule has 5 rings (SSSR count). The zero-order chi connectivity index (χ0) is 24.9. The summed E-state index contributed by atoms with van der Waals surface area (Å²) < 4.78 is 1.45. The molecule has 188 valence electrons. The van der Waals surface area contributed by atoms with E-state index in [1.165, 1.54) is 16.2 Å². The number of aromatic nitrogens is 2. The summed E-state index contributed by atoms with van der Waals surface area (Å²) in [5, 5.41) is 2.94. The van der Waals surface area contributed by atoms with Gasteiger partial charge in [-0.1, -0.05) is 36.4 Å². The summed E-state index contributed by atoms with van der Waals surface area (Å²) in [6, 6.07) is 15.8. The zero-order valence-corrected chi connectivity index (χ0v) is 20.4. The van der Waals surface area contributed by atoms with Crippen molar-refractivity contribution in [3.8, 4) is 0 Å². The van der Waals surface area contributed by atoms with Gasteiger partial charge >= 0.3 is 0 Å². The first-order chi connectivity index (χ1) is 17.6. The number of nitrogens with zero attached hydrogens (tertiary/aromatic N) is 5. The second kappa shape index (κ2) is 10.9. The molecule has 2 amide bonds. The maximum absolute atomic E-state index is 13.1. The van der Waals surface area contributed by atoms with Crippen molar-refractivity contribution in [2.24, 2.45) is 5.92 Å². The number of carbonyl (C=O) groups excluding carboxylic acids is 2. The van der Waals surface area contributed by atoms with Gasteiger partial charge in [-0.05, 0) is 30.5 Å². The molecule has 36 heavy (non-hydrogen) atoms. The monoisotopic (exact) mass is 488 g/mol. The van der Waals surface area contributed by atoms with Gasteiger partial charge in [0.25, 0.3) is 5.56 Å². The summed E-state index contributed by atoms with van der Waals surface area (Å²) in [5.74, 6) is 0.111. The Morgan fingerprint density at radius 2 is 1.61 bits per heavy atom. The highest BCUT2D eigenvalue weighted by atomic mass is 16.2. The van der Waals surface area contributed by atoms with Crippen LogP contribution in [0.4, 0.5) is 5.69 Å². The second-order valence-electron chi connectivity index (χ2n) is 9.50. The van der Waals surface area contributed by atoms with Crippen LogP contribution < -0.4 is 10.9 Å². The van der Waals surface area contributed by atoms with E-state index in [1.54, 1.807) is 23.2 Å². The number of likely N-dealkylation sites (tertiary alicyclic amines) is 1. The molecule has 9 nitrogen and oxygen atoms in total. The van der Waals surface area contributed by atoms with Crippen LogP contribution in [-0.2, 0) is 16.1 Å². The molecule has 1 aromatic carbocycles. The molecule has 4 heterocycles. The first kappa shape index (κ1) is 24.0. The quantitative estimate of drug-likeness (QED) is 0.568. The average Bonchev–Trinajstić information content (AvgIpc) is 2.93. The lowest BCUT2D eigenvalue weighted by Gasteiger charge is -2.38. The number of hydrogen-bond acceptors (Lipinski definition) is 6. The number of carbonyl (C=O) groups is 2. The molecule has 0 unspecified atom stereocenters. The van der Waals surface area contributed by atoms with Crippen LogP contribution in [0.15, 0.2) is 65.7 Å². The van der Waals surface area contributed by atoms with Gasteiger partial charge in [0.2, 0.25) is 11.8 Å². The zero-order valence-electron chi connectivity index (χ0n) is 20.4. The number of amides is 2. The summed E-state index contributed by atoms with van der Waals surface area (Å²) in [7, 11) is 0. The highest BCUT2D eigenvalue weighted by Gasteiger charge is 2.31. The molecule has 3 aromatic rings. The van der Waals surface area contributed by atoms with Crippen LogP contribution in [0.2, 0.25) is 0 Å². The predicted octanol–water partition coefficient (Wildman–Crippen LogP) is 1.69. The summed E-state index contributed by atoms with van der Waals surface area (Å²) in [6.45, 7) is 5.32. The van der Waals surface area contributed by atoms with Crippen molar-refractivity contribution < 1.29 is 9.59 Å². The van der Waals surface area contributed by atoms with Crippen molar-refractivity contribution in [1.82, 2.24) is 24.1 Å². The molecule has 2 aliphatic rings. The Balaban J connectivity index is 1.06. The molecule has 0 spiro atoms. The lowest BCUT2D eigenvalue weighted by molar-refractivity contribution is -0.141. The van der Waals surface area contributed by atoms with E-state index < -0.39 is 0 Å². The van der Waals surface area contributed by atoms with Gasteiger partial charge in [-0.3, -0.25) is 23.7 Å². The topological polar surface area (TPSA) is 90.3 Å². The second-order valence-corrected chi connectivity index (χ2v) is 9.50. The van der Waals surface area contributed by atoms with Gasteiger partial charge in [0.1, 0.15) is 11.3 Å². The number of piperazine rings is 1. The van der Waals surface area contributed by atoms with Gasteiger partial charge in [0.05, 0.1) is 12.7 Å². The fraction of sp³-hybridized carbons (Fsp3) is 0.407. The summed E-state index contributed by atoms with van der Waals surface area (Å²) in [5.41, 5.74) is 1.92. The summed E-state index contributed by atoms with van der Waals surface area (Å²) >= 11 is 0. The molecular formula is C27H32N6O3. The number of anilines is 1. The van der Waals surface area contributed by atoms with Crippen LogP contribution in [0.3, 0.4) is 0 Å². The Hall–Kier alpha value is -3.72. The van der Waals surface area contributed by atoms with Crippen LogP contribution in [-0.4, -0.2) is 81.7 Å². The third-order valence-corrected chi connectivity index (χ3v) is 7.17. The van der Waals surface area contributed by atoms with E-state index in [4.69, 9.17) is 0 Å². The molecule has 0 radical (unpaired) electrons. The number of benzene rings is 1. The molecule has 1 N–H and O–H groups in total. The van der Waals surface area contributed by atoms with E-state index in [0.717, 1.165) is 32.7 Å². The Morgan fingerprint density at radius 3 is 2.36 bits per heavy atom. The Kier molecular flexibility index (Phi) is 7.27. The van der Waals surface area contributed by atoms with Gasteiger partial charge in [-0.2, -0.15) is 0 Å². The van der Waals surface area contributed by atoms with Crippen molar-refractivity contribution in [3.05, 3.63) is 76.8 Å². The number of piperidine rings is 1. The number of nitrogens with one attached hydrogen (secondary N) is 1. The Morgan fingerprint density at radius 1 is 0.889 bits per heavy atom. The number of rotatable bonds is 6. The molecule has 2 aromatic heterocycles. The lowest BCUT2D eigenvalue weighted by Crippen LogP contribution is -2.51. The van der Waals surface area contributed by atoms with Gasteiger partial charge in [-0.15, -0.1) is 0 Å². The van der Waals surface area contributed by atoms with Gasteiger partial charge in [0, 0.05) is 57.9 Å². The van der Waals surface area contributed by atoms with E-state index in [-0.39, 0.29) is 29.8 Å². The third kappa shape index (κ3) is 5.41. The normalized spacial score (nSPS) is 17.3. The fourth-order valence-corrected chi connectivity index (χ4v) is 5.03. The Labute approximate surface area is 210 Å². The molecule has 2 fully saturated rings. The Bertz CT molecular complexity index is 1260. The van der Waals surface area contributed by atoms with Crippen LogP contribution in [0.5, 0.6) is 0 Å². The van der Waals surface area contributed by atoms with Gasteiger partial charge < -0.3 is 15.1 Å². The van der Waals surface area contributed by atoms with Crippen LogP contribution in [0.1, 0.15) is 18.4 Å². The fourth-order valence-electron chi connectivity index (χ4n) is 5.03. The summed E-state index contributed by atoms with van der Waals surface area (Å²) in [6.07, 6.45) is 4.47. The number of pyridine rings is 1. The largest absolute Gasteiger partial charge is 0.370 e. The van der Waals surface area contributed by atoms with Crippen molar-refractivity contribution >= 4 is 23.1 Å². The van der Waals surface area contributed by atoms with Crippen LogP contribution >= 0.6 is 0 Å². The van der Waals surface area contributed by atoms with E-state index >= 15 is 0 Å². The summed E-state index contributed by atoms with van der Waals surface area (Å²) in [4.78, 5) is 48.9. The van der Waals surface area contributed by atoms with E-state index in [9.17, 15) is 14.4 Å². The van der Waals surface area contributed by atoms with Crippen LogP contribution in [0.25, 0.3) is 5.65 Å². The molecule has 0 bridgehead atoms. The number of hydrogen-bond donors (Lipinski definition) is 1. The SMILES string of the molecule is O=C(CNc1cnc2ccccn2c1=O)N1CCC(C(=O)N2CCN(Cc3ccccc3)CC2)CC1. The average molecular weight is 489 g/mol. The van der Waals surface area contributed by atoms with E-state index in [1.807, 2.05) is 17.0 Å². The molecule has 0 saturated carbocycles. The van der Waals surface area contributed by atoms with E-state index in [2.05, 4.69) is 39.5 Å². The van der Waals surface area contributed by atoms with Crippen molar-refractivity contribution in [3.63, 3.8) is 0 Å². The minimum atomic E-state index is -0.235. The minimum Gasteiger partial charge on any atom is -0.370 e. The maximum Gasteiger partial charge on any atom is 0.281 e. The number of fused-ring (bicyclic) bond motifs is 1. The first-order valence-corrected chi connectivity index (χ1v) is 12.6. The molecule has 0 atom stereocenters. The minimum absolute atomic E-state index is 0.0256. The van der Waals surface area contributed by atoms with Crippen molar-refractivity contribution in [2.45, 2.75) is 19.4 Å². The molecule has 2 saturated heterocycles. The first-order valence-electron chi connectivity index (χ1n) is 12.6. The molecule has 9 heteroatoms. The van der Waals surface area contributed by atoms with E-state index in [0.29, 0.717) is 37.3 Å². The van der Waals surface area contributed by atoms with Crippen molar-refractivity contribution in [2.75, 3.05) is 51.1 Å². The maximum atomic E-state index is 13.1. The molecule has 0 aliphatic carbocycles. The lowest BCUT2D eigenvalue weighted by atomic mass is 9.95. The third-order valence-electron chi connectivity index (χ3n) is 7.17. The molecular weight excluding hydrogens is 456 g/mol. The standard InChI is InChI=1S/C27H32N6O3/c34-25(19-28-23-18-29-24-8-4-5-11-33(24)27(23)36)31-12-9-22(10-13-31)26(35)32-16-14-30(15-17-32)20-21-6-2-1-3-7-21/h1-8,11,18,22,28H,9-10,12-17,19-20H2. The van der Waals surface area contributed by atoms with Gasteiger partial charge in [0.15, 0.2) is 0 Å². The predicted molar refractivity (Wildman–Crippen MR) is 138 cm³/mol. The van der Waals surface area contributed by atoms with Crippen LogP contribution in [0, 0.1) is 5.92 Å². The smallest absolute Gasteiger partial charge is 0.281 e. The van der Waals surface area contributed by atoms with Gasteiger partial charge in [-0.25, -0.2) is 4.98 Å². The molecule has 2 aliphatic heterocycles. The highest BCUT2D eigenvalue weighted by Crippen LogP contribution is 2.21.